The van der Waals surface area contributed by atoms with Gasteiger partial charge in [0.15, 0.2) is 0 Å². The van der Waals surface area contributed by atoms with Gasteiger partial charge in [-0.15, -0.1) is 0 Å². The van der Waals surface area contributed by atoms with Crippen molar-refractivity contribution in [3.63, 3.8) is 0 Å². The Hall–Kier alpha value is -1.31. The maximum Gasteiger partial charge on any atom is 0.229 e. The Morgan fingerprint density at radius 2 is 1.89 bits per heavy atom. The summed E-state index contributed by atoms with van der Waals surface area (Å²) in [6, 6.07) is 0. The van der Waals surface area contributed by atoms with E-state index >= 15 is 0 Å². The Morgan fingerprint density at radius 3 is 2.37 bits per heavy atom. The fourth-order valence-corrected chi connectivity index (χ4v) is 1.66. The van der Waals surface area contributed by atoms with Crippen molar-refractivity contribution >= 4 is 5.91 Å². The molecule has 0 rings (SSSR count). The van der Waals surface area contributed by atoms with Crippen molar-refractivity contribution in [1.29, 1.82) is 0 Å². The molecule has 1 unspecified atom stereocenters. The summed E-state index contributed by atoms with van der Waals surface area (Å²) in [6.07, 6.45) is 8.99. The number of rotatable bonds is 8. The van der Waals surface area contributed by atoms with E-state index in [1.165, 1.54) is 11.1 Å². The van der Waals surface area contributed by atoms with Crippen molar-refractivity contribution in [2.75, 3.05) is 6.54 Å². The minimum Gasteiger partial charge on any atom is -0.316 e. The van der Waals surface area contributed by atoms with Crippen LogP contribution in [0.1, 0.15) is 53.9 Å². The minimum absolute atomic E-state index is 0.0670. The zero-order valence-corrected chi connectivity index (χ0v) is 13.2. The molecule has 19 heavy (non-hydrogen) atoms. The molecule has 0 heterocycles. The molecular weight excluding hydrogens is 234 g/mol. The molecule has 2 nitrogen and oxygen atoms in total. The predicted molar refractivity (Wildman–Crippen MR) is 83.8 cm³/mol. The molecule has 108 valence electrons. The summed E-state index contributed by atoms with van der Waals surface area (Å²) in [5.41, 5.74) is 2.67. The van der Waals surface area contributed by atoms with Crippen molar-refractivity contribution in [3.8, 4) is 0 Å². The molecule has 0 spiro atoms. The molecule has 0 N–H and O–H groups in total. The lowest BCUT2D eigenvalue weighted by Gasteiger charge is -2.20. The molecule has 0 saturated heterocycles. The van der Waals surface area contributed by atoms with Gasteiger partial charge in [-0.05, 0) is 46.2 Å². The molecular formula is C17H29NO. The normalized spacial score (nSPS) is 12.8. The van der Waals surface area contributed by atoms with E-state index in [9.17, 15) is 4.79 Å². The largest absolute Gasteiger partial charge is 0.316 e. The summed E-state index contributed by atoms with van der Waals surface area (Å²) in [7, 11) is 0. The van der Waals surface area contributed by atoms with E-state index in [4.69, 9.17) is 0 Å². The number of hydrogen-bond donors (Lipinski definition) is 0. The highest BCUT2D eigenvalue weighted by Gasteiger charge is 2.15. The number of allylic oxidation sites excluding steroid dienone is 3. The molecule has 0 fully saturated rings. The molecule has 0 aliphatic carbocycles. The molecule has 0 aliphatic rings. The van der Waals surface area contributed by atoms with Gasteiger partial charge < -0.3 is 4.90 Å². The average Bonchev–Trinajstić information content (AvgIpc) is 2.37. The summed E-state index contributed by atoms with van der Waals surface area (Å²) in [5.74, 6) is 0.225. The topological polar surface area (TPSA) is 20.3 Å². The monoisotopic (exact) mass is 263 g/mol. The maximum absolute atomic E-state index is 12.0. The third kappa shape index (κ3) is 7.66. The second kappa shape index (κ2) is 9.60. The minimum atomic E-state index is 0.0670. The van der Waals surface area contributed by atoms with Gasteiger partial charge >= 0.3 is 0 Å². The summed E-state index contributed by atoms with van der Waals surface area (Å²) < 4.78 is 0. The number of nitrogens with zero attached hydrogens (tertiary/aromatic N) is 1. The molecule has 0 aromatic rings. The first-order chi connectivity index (χ1) is 8.92. The van der Waals surface area contributed by atoms with Crippen LogP contribution in [0.5, 0.6) is 0 Å². The lowest BCUT2D eigenvalue weighted by molar-refractivity contribution is -0.131. The number of amides is 1. The Bertz CT molecular complexity index is 348. The SMILES string of the molecule is C=CN(C/C=C(/C)CCC=C(C)C)C(=O)C(C)CC. The van der Waals surface area contributed by atoms with Crippen LogP contribution in [-0.2, 0) is 4.79 Å². The van der Waals surface area contributed by atoms with Gasteiger partial charge in [-0.25, -0.2) is 0 Å². The highest BCUT2D eigenvalue weighted by molar-refractivity contribution is 5.79. The van der Waals surface area contributed by atoms with Gasteiger partial charge in [-0.3, -0.25) is 4.79 Å². The van der Waals surface area contributed by atoms with Crippen LogP contribution >= 0.6 is 0 Å². The van der Waals surface area contributed by atoms with E-state index in [2.05, 4.69) is 39.5 Å². The fourth-order valence-electron chi connectivity index (χ4n) is 1.66. The highest BCUT2D eigenvalue weighted by atomic mass is 16.2. The van der Waals surface area contributed by atoms with Crippen LogP contribution in [0.15, 0.2) is 36.1 Å². The van der Waals surface area contributed by atoms with E-state index in [0.717, 1.165) is 19.3 Å². The quantitative estimate of drug-likeness (QED) is 0.581. The van der Waals surface area contributed by atoms with E-state index in [1.54, 1.807) is 11.1 Å². The molecule has 1 atom stereocenters. The second-order valence-corrected chi connectivity index (χ2v) is 5.35. The van der Waals surface area contributed by atoms with Crippen molar-refractivity contribution < 1.29 is 4.79 Å². The van der Waals surface area contributed by atoms with Crippen molar-refractivity contribution in [2.24, 2.45) is 5.92 Å². The molecule has 0 saturated carbocycles. The third-order valence-electron chi connectivity index (χ3n) is 3.27. The van der Waals surface area contributed by atoms with Gasteiger partial charge in [0.25, 0.3) is 0 Å². The van der Waals surface area contributed by atoms with Crippen LogP contribution in [0.3, 0.4) is 0 Å². The highest BCUT2D eigenvalue weighted by Crippen LogP contribution is 2.10. The van der Waals surface area contributed by atoms with E-state index in [0.29, 0.717) is 6.54 Å². The number of carbonyl (C=O) groups is 1. The maximum atomic E-state index is 12.0. The molecule has 0 aromatic carbocycles. The Kier molecular flexibility index (Phi) is 8.94. The molecule has 0 aromatic heterocycles. The lowest BCUT2D eigenvalue weighted by atomic mass is 10.1. The van der Waals surface area contributed by atoms with E-state index in [-0.39, 0.29) is 11.8 Å². The first-order valence-corrected chi connectivity index (χ1v) is 7.14. The summed E-state index contributed by atoms with van der Waals surface area (Å²) in [6.45, 7) is 14.7. The van der Waals surface area contributed by atoms with E-state index < -0.39 is 0 Å². The van der Waals surface area contributed by atoms with Crippen LogP contribution in [0.25, 0.3) is 0 Å². The Balaban J connectivity index is 4.36. The van der Waals surface area contributed by atoms with Crippen LogP contribution < -0.4 is 0 Å². The molecule has 2 heteroatoms. The molecule has 0 aliphatic heterocycles. The van der Waals surface area contributed by atoms with E-state index in [1.807, 2.05) is 13.8 Å². The summed E-state index contributed by atoms with van der Waals surface area (Å²) in [4.78, 5) is 13.7. The van der Waals surface area contributed by atoms with Crippen molar-refractivity contribution in [1.82, 2.24) is 4.90 Å². The van der Waals surface area contributed by atoms with Crippen molar-refractivity contribution in [2.45, 2.75) is 53.9 Å². The average molecular weight is 263 g/mol. The van der Waals surface area contributed by atoms with Crippen LogP contribution in [0, 0.1) is 5.92 Å². The van der Waals surface area contributed by atoms with Crippen LogP contribution in [0.4, 0.5) is 0 Å². The summed E-state index contributed by atoms with van der Waals surface area (Å²) >= 11 is 0. The Morgan fingerprint density at radius 1 is 1.26 bits per heavy atom. The van der Waals surface area contributed by atoms with Crippen molar-refractivity contribution in [3.05, 3.63) is 36.1 Å². The van der Waals surface area contributed by atoms with Gasteiger partial charge in [-0.2, -0.15) is 0 Å². The first kappa shape index (κ1) is 17.7. The number of hydrogen-bond acceptors (Lipinski definition) is 1. The van der Waals surface area contributed by atoms with Gasteiger partial charge in [-0.1, -0.05) is 43.7 Å². The van der Waals surface area contributed by atoms with Crippen LogP contribution in [0.2, 0.25) is 0 Å². The smallest absolute Gasteiger partial charge is 0.229 e. The van der Waals surface area contributed by atoms with Gasteiger partial charge in [0, 0.05) is 12.5 Å². The van der Waals surface area contributed by atoms with Gasteiger partial charge in [0.05, 0.1) is 0 Å². The fraction of sp³-hybridized carbons (Fsp3) is 0.588. The lowest BCUT2D eigenvalue weighted by Crippen LogP contribution is -2.30. The van der Waals surface area contributed by atoms with Crippen LogP contribution in [-0.4, -0.2) is 17.4 Å². The Labute approximate surface area is 118 Å². The third-order valence-corrected chi connectivity index (χ3v) is 3.27. The number of carbonyl (C=O) groups excluding carboxylic acids is 1. The van der Waals surface area contributed by atoms with Gasteiger partial charge in [0.1, 0.15) is 0 Å². The molecule has 0 bridgehead atoms. The molecule has 1 amide bonds. The predicted octanol–water partition coefficient (Wildman–Crippen LogP) is 4.70. The zero-order chi connectivity index (χ0) is 14.8. The standard InChI is InChI=1S/C17H29NO/c1-7-16(6)17(19)18(8-2)13-12-15(5)11-9-10-14(3)4/h8,10,12,16H,2,7,9,11,13H2,1,3-6H3/b15-12-. The second-order valence-electron chi connectivity index (χ2n) is 5.35. The molecule has 0 radical (unpaired) electrons. The van der Waals surface area contributed by atoms with Gasteiger partial charge in [0.2, 0.25) is 5.91 Å². The summed E-state index contributed by atoms with van der Waals surface area (Å²) in [5, 5.41) is 0. The first-order valence-electron chi connectivity index (χ1n) is 7.14. The zero-order valence-electron chi connectivity index (χ0n) is 13.2.